The molecular formula is C47H86O12S. The number of unbranched alkanes of at least 4 members (excludes halogenated alkanes) is 22. The molecule has 0 aromatic rings. The van der Waals surface area contributed by atoms with Crippen molar-refractivity contribution in [3.8, 4) is 0 Å². The zero-order valence-electron chi connectivity index (χ0n) is 37.5. The number of allylic oxidation sites excluding steroid dienone is 6. The van der Waals surface area contributed by atoms with Gasteiger partial charge in [-0.2, -0.15) is 8.42 Å². The molecule has 13 heteroatoms. The molecule has 12 nitrogen and oxygen atoms in total. The van der Waals surface area contributed by atoms with E-state index in [1.54, 1.807) is 0 Å². The van der Waals surface area contributed by atoms with Crippen molar-refractivity contribution in [3.05, 3.63) is 36.5 Å². The number of aliphatic hydroxyl groups is 3. The Morgan fingerprint density at radius 3 is 1.60 bits per heavy atom. The first kappa shape index (κ1) is 56.3. The van der Waals surface area contributed by atoms with Gasteiger partial charge in [-0.15, -0.1) is 0 Å². The molecular weight excluding hydrogens is 789 g/mol. The molecule has 6 unspecified atom stereocenters. The molecule has 0 aromatic carbocycles. The molecule has 0 aliphatic carbocycles. The quantitative estimate of drug-likeness (QED) is 0.0198. The van der Waals surface area contributed by atoms with Crippen LogP contribution in [0, 0.1) is 0 Å². The first-order valence-electron chi connectivity index (χ1n) is 23.7. The molecule has 1 saturated heterocycles. The van der Waals surface area contributed by atoms with Crippen LogP contribution in [0.25, 0.3) is 0 Å². The number of carbonyl (C=O) groups excluding carboxylic acids is 1. The van der Waals surface area contributed by atoms with E-state index in [0.717, 1.165) is 70.6 Å². The lowest BCUT2D eigenvalue weighted by molar-refractivity contribution is -0.301. The topological polar surface area (TPSA) is 178 Å². The summed E-state index contributed by atoms with van der Waals surface area (Å²) in [7, 11) is -5.06. The Morgan fingerprint density at radius 1 is 0.633 bits per heavy atom. The standard InChI is InChI=1S/C47H86O12S/c1-3-5-7-9-11-13-15-17-18-19-20-21-22-23-24-25-26-28-30-32-34-36-43(49)57-41(39-55-37-35-33-31-29-27-16-14-12-10-8-6-4-2)40-56-47-45(51)46(59-60(52,53)54)44(50)42(38-48)58-47/h15,17,19-20,22-23,41-42,44-48,50-51H,3-14,16,18,21,24-40H2,1-2H3,(H,52,53,54)/b17-15-,20-19-,23-22-. The molecule has 1 aliphatic rings. The largest absolute Gasteiger partial charge is 0.457 e. The maximum atomic E-state index is 12.9. The second-order valence-corrected chi connectivity index (χ2v) is 17.4. The lowest BCUT2D eigenvalue weighted by Crippen LogP contribution is -2.60. The van der Waals surface area contributed by atoms with Crippen molar-refractivity contribution < 1.29 is 56.2 Å². The minimum Gasteiger partial charge on any atom is -0.457 e. The fourth-order valence-electron chi connectivity index (χ4n) is 7.15. The van der Waals surface area contributed by atoms with Gasteiger partial charge < -0.3 is 34.3 Å². The summed E-state index contributed by atoms with van der Waals surface area (Å²) in [5, 5.41) is 30.7. The fraction of sp³-hybridized carbons (Fsp3) is 0.851. The van der Waals surface area contributed by atoms with Gasteiger partial charge in [0.1, 0.15) is 30.5 Å². The number of esters is 1. The average molecular weight is 875 g/mol. The van der Waals surface area contributed by atoms with Crippen LogP contribution in [0.2, 0.25) is 0 Å². The number of ether oxygens (including phenoxy) is 4. The van der Waals surface area contributed by atoms with Gasteiger partial charge in [0.2, 0.25) is 0 Å². The van der Waals surface area contributed by atoms with Gasteiger partial charge in [0.25, 0.3) is 0 Å². The van der Waals surface area contributed by atoms with E-state index < -0.39 is 59.8 Å². The van der Waals surface area contributed by atoms with Gasteiger partial charge in [-0.1, -0.05) is 172 Å². The van der Waals surface area contributed by atoms with E-state index in [1.165, 1.54) is 96.3 Å². The molecule has 1 fully saturated rings. The van der Waals surface area contributed by atoms with Gasteiger partial charge >= 0.3 is 16.4 Å². The summed E-state index contributed by atoms with van der Waals surface area (Å²) in [4.78, 5) is 12.9. The van der Waals surface area contributed by atoms with Crippen molar-refractivity contribution in [3.63, 3.8) is 0 Å². The Balaban J connectivity index is 2.40. The second-order valence-electron chi connectivity index (χ2n) is 16.4. The van der Waals surface area contributed by atoms with Gasteiger partial charge in [-0.05, 0) is 51.4 Å². The molecule has 352 valence electrons. The zero-order valence-corrected chi connectivity index (χ0v) is 38.3. The molecule has 0 amide bonds. The van der Waals surface area contributed by atoms with Crippen LogP contribution >= 0.6 is 0 Å². The summed E-state index contributed by atoms with van der Waals surface area (Å²) in [5.41, 5.74) is 0. The van der Waals surface area contributed by atoms with Crippen molar-refractivity contribution in [1.82, 2.24) is 0 Å². The summed E-state index contributed by atoms with van der Waals surface area (Å²) < 4.78 is 59.1. The van der Waals surface area contributed by atoms with Crippen LogP contribution in [-0.4, -0.2) is 97.5 Å². The first-order chi connectivity index (χ1) is 29.1. The van der Waals surface area contributed by atoms with E-state index in [1.807, 2.05) is 0 Å². The minimum atomic E-state index is -5.06. The van der Waals surface area contributed by atoms with Crippen LogP contribution in [0.5, 0.6) is 0 Å². The van der Waals surface area contributed by atoms with Crippen molar-refractivity contribution in [2.24, 2.45) is 0 Å². The fourth-order valence-corrected chi connectivity index (χ4v) is 7.66. The predicted octanol–water partition coefficient (Wildman–Crippen LogP) is 10.2. The first-order valence-corrected chi connectivity index (χ1v) is 25.1. The molecule has 60 heavy (non-hydrogen) atoms. The maximum absolute atomic E-state index is 12.9. The summed E-state index contributed by atoms with van der Waals surface area (Å²) in [6, 6.07) is 0. The Morgan fingerprint density at radius 2 is 1.10 bits per heavy atom. The smallest absolute Gasteiger partial charge is 0.397 e. The van der Waals surface area contributed by atoms with E-state index in [9.17, 15) is 28.5 Å². The molecule has 1 aliphatic heterocycles. The summed E-state index contributed by atoms with van der Waals surface area (Å²) in [5.74, 6) is -0.410. The molecule has 4 N–H and O–H groups in total. The highest BCUT2D eigenvalue weighted by Gasteiger charge is 2.48. The molecule has 1 rings (SSSR count). The SMILES string of the molecule is CCCCCCC/C=C\C/C=C\C/C=C\CCCCCCCCC(=O)OC(COCCCCCCCCCCCCCC)COC1OC(CO)C(O)C(OS(=O)(=O)O)C1O. The number of hydrogen-bond donors (Lipinski definition) is 4. The third-order valence-electron chi connectivity index (χ3n) is 10.8. The van der Waals surface area contributed by atoms with Crippen molar-refractivity contribution >= 4 is 16.4 Å². The van der Waals surface area contributed by atoms with Crippen LogP contribution in [0.15, 0.2) is 36.5 Å². The van der Waals surface area contributed by atoms with E-state index in [4.69, 9.17) is 23.5 Å². The number of aliphatic hydroxyl groups excluding tert-OH is 3. The van der Waals surface area contributed by atoms with Gasteiger partial charge in [-0.25, -0.2) is 4.18 Å². The van der Waals surface area contributed by atoms with Crippen LogP contribution in [0.3, 0.4) is 0 Å². The lowest BCUT2D eigenvalue weighted by Gasteiger charge is -2.41. The van der Waals surface area contributed by atoms with Crippen LogP contribution in [0.4, 0.5) is 0 Å². The molecule has 0 spiro atoms. The van der Waals surface area contributed by atoms with Crippen LogP contribution in [0.1, 0.15) is 194 Å². The second kappa shape index (κ2) is 39.0. The molecule has 0 radical (unpaired) electrons. The monoisotopic (exact) mass is 875 g/mol. The summed E-state index contributed by atoms with van der Waals surface area (Å²) >= 11 is 0. The predicted molar refractivity (Wildman–Crippen MR) is 239 cm³/mol. The van der Waals surface area contributed by atoms with Crippen LogP contribution < -0.4 is 0 Å². The van der Waals surface area contributed by atoms with Crippen molar-refractivity contribution in [1.29, 1.82) is 0 Å². The Bertz CT molecular complexity index is 1190. The highest BCUT2D eigenvalue weighted by atomic mass is 32.3. The van der Waals surface area contributed by atoms with Gasteiger partial charge in [0, 0.05) is 13.0 Å². The molecule has 0 bridgehead atoms. The van der Waals surface area contributed by atoms with E-state index in [-0.39, 0.29) is 19.6 Å². The molecule has 0 aromatic heterocycles. The Hall–Kier alpha value is -1.68. The van der Waals surface area contributed by atoms with E-state index >= 15 is 0 Å². The number of carbonyl (C=O) groups is 1. The summed E-state index contributed by atoms with van der Waals surface area (Å²) in [6.45, 7) is 3.97. The van der Waals surface area contributed by atoms with Crippen molar-refractivity contribution in [2.45, 2.75) is 230 Å². The van der Waals surface area contributed by atoms with E-state index in [0.29, 0.717) is 13.0 Å². The maximum Gasteiger partial charge on any atom is 0.397 e. The third kappa shape index (κ3) is 32.1. The average Bonchev–Trinajstić information content (AvgIpc) is 3.22. The minimum absolute atomic E-state index is 0.0327. The third-order valence-corrected chi connectivity index (χ3v) is 11.2. The van der Waals surface area contributed by atoms with Gasteiger partial charge in [0.05, 0.1) is 19.8 Å². The lowest BCUT2D eigenvalue weighted by atomic mass is 9.99. The summed E-state index contributed by atoms with van der Waals surface area (Å²) in [6.07, 6.45) is 36.0. The molecule has 6 atom stereocenters. The zero-order chi connectivity index (χ0) is 43.9. The molecule has 0 saturated carbocycles. The van der Waals surface area contributed by atoms with Crippen LogP contribution in [-0.2, 0) is 38.3 Å². The van der Waals surface area contributed by atoms with E-state index in [2.05, 4.69) is 54.5 Å². The highest BCUT2D eigenvalue weighted by Crippen LogP contribution is 2.26. The van der Waals surface area contributed by atoms with Gasteiger partial charge in [0.15, 0.2) is 6.29 Å². The van der Waals surface area contributed by atoms with Crippen molar-refractivity contribution in [2.75, 3.05) is 26.4 Å². The Kier molecular flexibility index (Phi) is 36.6. The number of rotatable bonds is 41. The Labute approximate surface area is 364 Å². The number of hydrogen-bond acceptors (Lipinski definition) is 11. The highest BCUT2D eigenvalue weighted by molar-refractivity contribution is 7.80. The van der Waals surface area contributed by atoms with Gasteiger partial charge in [-0.3, -0.25) is 9.35 Å². The molecule has 1 heterocycles. The normalized spacial score (nSPS) is 20.5.